The van der Waals surface area contributed by atoms with Gasteiger partial charge in [0.05, 0.1) is 41.1 Å². The van der Waals surface area contributed by atoms with Gasteiger partial charge in [0, 0.05) is 30.1 Å². The first kappa shape index (κ1) is 21.3. The minimum absolute atomic E-state index is 0.0305. The summed E-state index contributed by atoms with van der Waals surface area (Å²) in [5.74, 6) is -0.0305. The van der Waals surface area contributed by atoms with Crippen LogP contribution in [-0.2, 0) is 6.42 Å². The number of pyridine rings is 1. The van der Waals surface area contributed by atoms with Gasteiger partial charge in [-0.3, -0.25) is 9.89 Å². The van der Waals surface area contributed by atoms with Crippen molar-refractivity contribution in [2.45, 2.75) is 12.5 Å². The molecule has 34 heavy (non-hydrogen) atoms. The first-order valence-corrected chi connectivity index (χ1v) is 11.0. The fourth-order valence-electron chi connectivity index (χ4n) is 4.02. The summed E-state index contributed by atoms with van der Waals surface area (Å²) in [6.45, 7) is 0.612. The van der Waals surface area contributed by atoms with Crippen molar-refractivity contribution >= 4 is 11.3 Å². The number of H-pyrrole nitrogens is 1. The number of nitriles is 1. The summed E-state index contributed by atoms with van der Waals surface area (Å²) in [7, 11) is 0. The molecule has 0 fully saturated rings. The van der Waals surface area contributed by atoms with Crippen LogP contribution in [0.25, 0.3) is 16.6 Å². The average Bonchev–Trinajstić information content (AvgIpc) is 3.57. The van der Waals surface area contributed by atoms with Gasteiger partial charge in [-0.1, -0.05) is 48.5 Å². The zero-order valence-electron chi connectivity index (χ0n) is 18.3. The maximum absolute atomic E-state index is 13.7. The lowest BCUT2D eigenvalue weighted by Gasteiger charge is -2.18. The molecule has 1 atom stereocenters. The fraction of sp³-hybridized carbons (Fsp3) is 0.111. The van der Waals surface area contributed by atoms with Crippen LogP contribution in [0.4, 0.5) is 0 Å². The molecule has 3 aromatic heterocycles. The van der Waals surface area contributed by atoms with E-state index in [4.69, 9.17) is 5.26 Å². The van der Waals surface area contributed by atoms with Gasteiger partial charge in [-0.05, 0) is 35.7 Å². The molecular formula is C27H22N6O. The zero-order chi connectivity index (χ0) is 23.3. The Kier molecular flexibility index (Phi) is 5.97. The SMILES string of the molecule is N#Cc1ccc(CCNC(C(=O)c2cnn3cc(-c4cn[nH]c4)ccc23)c2ccccc2)cc1. The van der Waals surface area contributed by atoms with Crippen molar-refractivity contribution in [3.05, 3.63) is 114 Å². The molecule has 5 aromatic rings. The molecule has 0 aliphatic rings. The second kappa shape index (κ2) is 9.53. The summed E-state index contributed by atoms with van der Waals surface area (Å²) in [6, 6.07) is 22.8. The molecule has 1 unspecified atom stereocenters. The minimum Gasteiger partial charge on any atom is -0.303 e. The molecule has 5 rings (SSSR count). The van der Waals surface area contributed by atoms with Crippen LogP contribution in [-0.4, -0.2) is 32.1 Å². The maximum atomic E-state index is 13.7. The van der Waals surface area contributed by atoms with Gasteiger partial charge in [-0.15, -0.1) is 0 Å². The first-order chi connectivity index (χ1) is 16.7. The molecule has 7 nitrogen and oxygen atoms in total. The van der Waals surface area contributed by atoms with Gasteiger partial charge in [-0.25, -0.2) is 4.52 Å². The highest BCUT2D eigenvalue weighted by molar-refractivity contribution is 6.06. The molecule has 0 aliphatic heterocycles. The molecule has 0 radical (unpaired) electrons. The molecule has 0 spiro atoms. The van der Waals surface area contributed by atoms with Gasteiger partial charge in [-0.2, -0.15) is 15.5 Å². The number of hydrogen-bond donors (Lipinski definition) is 2. The minimum atomic E-state index is -0.499. The summed E-state index contributed by atoms with van der Waals surface area (Å²) in [5.41, 5.74) is 5.89. The van der Waals surface area contributed by atoms with E-state index >= 15 is 0 Å². The number of fused-ring (bicyclic) bond motifs is 1. The lowest BCUT2D eigenvalue weighted by molar-refractivity contribution is 0.0945. The highest BCUT2D eigenvalue weighted by atomic mass is 16.1. The fourth-order valence-corrected chi connectivity index (χ4v) is 4.02. The molecule has 0 saturated heterocycles. The Morgan fingerprint density at radius 3 is 2.59 bits per heavy atom. The van der Waals surface area contributed by atoms with E-state index in [9.17, 15) is 4.79 Å². The van der Waals surface area contributed by atoms with Gasteiger partial charge >= 0.3 is 0 Å². The second-order valence-corrected chi connectivity index (χ2v) is 8.01. The number of carbonyl (C=O) groups excluding carboxylic acids is 1. The van der Waals surface area contributed by atoms with Gasteiger partial charge in [0.1, 0.15) is 0 Å². The van der Waals surface area contributed by atoms with Crippen molar-refractivity contribution < 1.29 is 4.79 Å². The Morgan fingerprint density at radius 2 is 1.85 bits per heavy atom. The molecule has 0 saturated carbocycles. The first-order valence-electron chi connectivity index (χ1n) is 11.0. The number of carbonyl (C=O) groups is 1. The number of Topliss-reactive ketones (excluding diaryl/α,β-unsaturated/α-hetero) is 1. The van der Waals surface area contributed by atoms with E-state index in [0.29, 0.717) is 17.7 Å². The monoisotopic (exact) mass is 446 g/mol. The van der Waals surface area contributed by atoms with Crippen LogP contribution >= 0.6 is 0 Å². The summed E-state index contributed by atoms with van der Waals surface area (Å²) in [4.78, 5) is 13.7. The van der Waals surface area contributed by atoms with E-state index in [1.54, 1.807) is 16.9 Å². The van der Waals surface area contributed by atoms with E-state index in [2.05, 4.69) is 26.7 Å². The Hall–Kier alpha value is -4.54. The maximum Gasteiger partial charge on any atom is 0.188 e. The lowest BCUT2D eigenvalue weighted by atomic mass is 9.97. The number of hydrogen-bond acceptors (Lipinski definition) is 5. The van der Waals surface area contributed by atoms with Gasteiger partial charge in [0.15, 0.2) is 5.78 Å². The largest absolute Gasteiger partial charge is 0.303 e. The molecule has 0 bridgehead atoms. The van der Waals surface area contributed by atoms with Crippen molar-refractivity contribution in [3.63, 3.8) is 0 Å². The summed E-state index contributed by atoms with van der Waals surface area (Å²) in [5, 5.41) is 23.7. The van der Waals surface area contributed by atoms with Crippen molar-refractivity contribution in [2.75, 3.05) is 6.54 Å². The predicted octanol–water partition coefficient (Wildman–Crippen LogP) is 4.35. The van der Waals surface area contributed by atoms with Crippen molar-refractivity contribution in [2.24, 2.45) is 0 Å². The zero-order valence-corrected chi connectivity index (χ0v) is 18.3. The third kappa shape index (κ3) is 4.35. The third-order valence-corrected chi connectivity index (χ3v) is 5.85. The molecule has 3 heterocycles. The summed E-state index contributed by atoms with van der Waals surface area (Å²) >= 11 is 0. The van der Waals surface area contributed by atoms with Gasteiger partial charge in [0.2, 0.25) is 0 Å². The number of nitrogens with zero attached hydrogens (tertiary/aromatic N) is 4. The van der Waals surface area contributed by atoms with Crippen LogP contribution in [0.5, 0.6) is 0 Å². The van der Waals surface area contributed by atoms with E-state index in [-0.39, 0.29) is 5.78 Å². The Balaban J connectivity index is 1.39. The molecule has 2 aromatic carbocycles. The number of ketones is 1. The normalized spacial score (nSPS) is 11.9. The van der Waals surface area contributed by atoms with Crippen molar-refractivity contribution in [3.8, 4) is 17.2 Å². The highest BCUT2D eigenvalue weighted by Crippen LogP contribution is 2.24. The Bertz CT molecular complexity index is 1450. The Labute approximate surface area is 196 Å². The smallest absolute Gasteiger partial charge is 0.188 e. The Morgan fingerprint density at radius 1 is 1.03 bits per heavy atom. The van der Waals surface area contributed by atoms with Crippen molar-refractivity contribution in [1.82, 2.24) is 25.1 Å². The summed E-state index contributed by atoms with van der Waals surface area (Å²) in [6.07, 6.45) is 7.84. The van der Waals surface area contributed by atoms with Crippen LogP contribution in [0.15, 0.2) is 91.5 Å². The van der Waals surface area contributed by atoms with Crippen LogP contribution < -0.4 is 5.32 Å². The second-order valence-electron chi connectivity index (χ2n) is 8.01. The van der Waals surface area contributed by atoms with E-state index in [1.807, 2.05) is 79.1 Å². The number of rotatable bonds is 8. The van der Waals surface area contributed by atoms with Crippen LogP contribution in [0, 0.1) is 11.3 Å². The lowest BCUT2D eigenvalue weighted by Crippen LogP contribution is -2.30. The molecular weight excluding hydrogens is 424 g/mol. The number of nitrogens with one attached hydrogen (secondary N) is 2. The van der Waals surface area contributed by atoms with E-state index < -0.39 is 6.04 Å². The number of aromatic nitrogens is 4. The van der Waals surface area contributed by atoms with Crippen LogP contribution in [0.2, 0.25) is 0 Å². The average molecular weight is 447 g/mol. The standard InChI is InChI=1S/C27H22N6O/c28-14-20-8-6-19(7-9-20)12-13-29-26(21-4-2-1-3-5-21)27(34)24-17-32-33-18-22(10-11-25(24)33)23-15-30-31-16-23/h1-11,15-18,26,29H,12-13H2,(H,30,31). The van der Waals surface area contributed by atoms with E-state index in [0.717, 1.165) is 34.2 Å². The molecule has 0 amide bonds. The molecule has 7 heteroatoms. The number of benzene rings is 2. The molecule has 0 aliphatic carbocycles. The van der Waals surface area contributed by atoms with E-state index in [1.165, 1.54) is 0 Å². The van der Waals surface area contributed by atoms with Gasteiger partial charge in [0.25, 0.3) is 0 Å². The quantitative estimate of drug-likeness (QED) is 0.345. The van der Waals surface area contributed by atoms with Crippen LogP contribution in [0.1, 0.15) is 33.1 Å². The van der Waals surface area contributed by atoms with Crippen molar-refractivity contribution in [1.29, 1.82) is 5.26 Å². The molecule has 2 N–H and O–H groups in total. The van der Waals surface area contributed by atoms with Gasteiger partial charge < -0.3 is 5.32 Å². The highest BCUT2D eigenvalue weighted by Gasteiger charge is 2.24. The van der Waals surface area contributed by atoms with Crippen LogP contribution in [0.3, 0.4) is 0 Å². The molecule has 166 valence electrons. The summed E-state index contributed by atoms with van der Waals surface area (Å²) < 4.78 is 1.73. The topological polar surface area (TPSA) is 98.9 Å². The predicted molar refractivity (Wildman–Crippen MR) is 129 cm³/mol. The number of aromatic amines is 1. The third-order valence-electron chi connectivity index (χ3n) is 5.85.